The standard InChI is InChI=1S/C13H13BrN2O2S/c1-8-11(12(15-2)19-16-8)13(17)18-7-9-5-3-4-6-10(9)14/h3-6,15H,7H2,1-2H3. The molecule has 100 valence electrons. The number of ether oxygens (including phenoxy) is 1. The minimum atomic E-state index is -0.355. The molecule has 0 spiro atoms. The van der Waals surface area contributed by atoms with Crippen LogP contribution < -0.4 is 5.32 Å². The van der Waals surface area contributed by atoms with Gasteiger partial charge in [0.2, 0.25) is 0 Å². The minimum absolute atomic E-state index is 0.235. The Morgan fingerprint density at radius 1 is 1.47 bits per heavy atom. The average Bonchev–Trinajstić information content (AvgIpc) is 2.78. The zero-order valence-corrected chi connectivity index (χ0v) is 13.0. The summed E-state index contributed by atoms with van der Waals surface area (Å²) in [6, 6.07) is 7.65. The van der Waals surface area contributed by atoms with Crippen molar-refractivity contribution in [1.29, 1.82) is 0 Å². The number of carbonyl (C=O) groups excluding carboxylic acids is 1. The van der Waals surface area contributed by atoms with Crippen LogP contribution in [0, 0.1) is 6.92 Å². The van der Waals surface area contributed by atoms with Gasteiger partial charge in [0, 0.05) is 17.1 Å². The van der Waals surface area contributed by atoms with Crippen molar-refractivity contribution in [2.45, 2.75) is 13.5 Å². The number of hydrogen-bond acceptors (Lipinski definition) is 5. The Labute approximate surface area is 124 Å². The van der Waals surface area contributed by atoms with Crippen molar-refractivity contribution in [3.8, 4) is 0 Å². The van der Waals surface area contributed by atoms with Gasteiger partial charge in [-0.25, -0.2) is 4.79 Å². The molecule has 0 amide bonds. The summed E-state index contributed by atoms with van der Waals surface area (Å²) in [5, 5.41) is 3.68. The van der Waals surface area contributed by atoms with Gasteiger partial charge in [-0.1, -0.05) is 34.1 Å². The van der Waals surface area contributed by atoms with Crippen LogP contribution in [0.4, 0.5) is 5.00 Å². The van der Waals surface area contributed by atoms with E-state index in [1.165, 1.54) is 11.5 Å². The van der Waals surface area contributed by atoms with Crippen molar-refractivity contribution in [3.63, 3.8) is 0 Å². The Morgan fingerprint density at radius 2 is 2.21 bits per heavy atom. The van der Waals surface area contributed by atoms with Crippen LogP contribution in [-0.4, -0.2) is 17.4 Å². The van der Waals surface area contributed by atoms with E-state index in [-0.39, 0.29) is 12.6 Å². The fourth-order valence-corrected chi connectivity index (χ4v) is 2.74. The number of aryl methyl sites for hydroxylation is 1. The number of rotatable bonds is 4. The van der Waals surface area contributed by atoms with Crippen LogP contribution in [0.15, 0.2) is 28.7 Å². The van der Waals surface area contributed by atoms with Crippen molar-refractivity contribution >= 4 is 38.4 Å². The normalized spacial score (nSPS) is 10.3. The Hall–Kier alpha value is -1.40. The number of aromatic nitrogens is 1. The third-order valence-electron chi connectivity index (χ3n) is 2.61. The largest absolute Gasteiger partial charge is 0.457 e. The van der Waals surface area contributed by atoms with Crippen LogP contribution in [0.5, 0.6) is 0 Å². The Morgan fingerprint density at radius 3 is 2.89 bits per heavy atom. The fraction of sp³-hybridized carbons (Fsp3) is 0.231. The fourth-order valence-electron chi connectivity index (χ4n) is 1.61. The quantitative estimate of drug-likeness (QED) is 0.863. The lowest BCUT2D eigenvalue weighted by Crippen LogP contribution is -2.08. The highest BCUT2D eigenvalue weighted by Crippen LogP contribution is 2.25. The molecule has 0 unspecified atom stereocenters. The summed E-state index contributed by atoms with van der Waals surface area (Å²) < 4.78 is 10.4. The van der Waals surface area contributed by atoms with Crippen LogP contribution >= 0.6 is 27.5 Å². The highest BCUT2D eigenvalue weighted by molar-refractivity contribution is 9.10. The van der Waals surface area contributed by atoms with Crippen molar-refractivity contribution in [3.05, 3.63) is 45.6 Å². The number of anilines is 1. The summed E-state index contributed by atoms with van der Waals surface area (Å²) in [5.74, 6) is -0.355. The summed E-state index contributed by atoms with van der Waals surface area (Å²) in [6.45, 7) is 2.03. The maximum absolute atomic E-state index is 12.1. The number of benzene rings is 1. The maximum Gasteiger partial charge on any atom is 0.343 e. The molecule has 0 aliphatic rings. The first-order valence-electron chi connectivity index (χ1n) is 5.68. The third kappa shape index (κ3) is 3.13. The van der Waals surface area contributed by atoms with E-state index in [4.69, 9.17) is 4.74 Å². The average molecular weight is 341 g/mol. The molecule has 0 saturated heterocycles. The van der Waals surface area contributed by atoms with E-state index in [1.54, 1.807) is 14.0 Å². The van der Waals surface area contributed by atoms with Crippen LogP contribution in [-0.2, 0) is 11.3 Å². The lowest BCUT2D eigenvalue weighted by molar-refractivity contribution is 0.0472. The first kappa shape index (κ1) is 14.0. The molecule has 1 heterocycles. The number of hydrogen-bond donors (Lipinski definition) is 1. The van der Waals surface area contributed by atoms with Gasteiger partial charge >= 0.3 is 5.97 Å². The van der Waals surface area contributed by atoms with E-state index in [2.05, 4.69) is 25.6 Å². The Balaban J connectivity index is 2.10. The molecule has 1 aromatic carbocycles. The molecule has 19 heavy (non-hydrogen) atoms. The monoisotopic (exact) mass is 340 g/mol. The minimum Gasteiger partial charge on any atom is -0.457 e. The first-order chi connectivity index (χ1) is 9.13. The summed E-state index contributed by atoms with van der Waals surface area (Å²) in [6.07, 6.45) is 0. The predicted molar refractivity (Wildman–Crippen MR) is 79.7 cm³/mol. The van der Waals surface area contributed by atoms with Crippen LogP contribution in [0.1, 0.15) is 21.6 Å². The molecule has 2 aromatic rings. The Kier molecular flexibility index (Phi) is 4.55. The van der Waals surface area contributed by atoms with Gasteiger partial charge in [-0.3, -0.25) is 0 Å². The molecule has 0 aliphatic heterocycles. The Bertz CT molecular complexity index is 598. The molecule has 0 radical (unpaired) electrons. The summed E-state index contributed by atoms with van der Waals surface area (Å²) in [7, 11) is 1.76. The van der Waals surface area contributed by atoms with Gasteiger partial charge in [0.25, 0.3) is 0 Å². The maximum atomic E-state index is 12.1. The highest BCUT2D eigenvalue weighted by Gasteiger charge is 2.19. The van der Waals surface area contributed by atoms with Gasteiger partial charge in [0.05, 0.1) is 5.69 Å². The van der Waals surface area contributed by atoms with Crippen molar-refractivity contribution < 1.29 is 9.53 Å². The van der Waals surface area contributed by atoms with Gasteiger partial charge in [0.15, 0.2) is 0 Å². The molecule has 1 N–H and O–H groups in total. The SMILES string of the molecule is CNc1snc(C)c1C(=O)OCc1ccccc1Br. The first-order valence-corrected chi connectivity index (χ1v) is 7.24. The number of halogens is 1. The van der Waals surface area contributed by atoms with Gasteiger partial charge < -0.3 is 10.1 Å². The van der Waals surface area contributed by atoms with Crippen LogP contribution in [0.3, 0.4) is 0 Å². The topological polar surface area (TPSA) is 51.2 Å². The van der Waals surface area contributed by atoms with Crippen LogP contribution in [0.2, 0.25) is 0 Å². The van der Waals surface area contributed by atoms with Crippen molar-refractivity contribution in [1.82, 2.24) is 4.37 Å². The second kappa shape index (κ2) is 6.16. The lowest BCUT2D eigenvalue weighted by Gasteiger charge is -2.07. The van der Waals surface area contributed by atoms with Gasteiger partial charge in [-0.15, -0.1) is 0 Å². The molecule has 0 aliphatic carbocycles. The molecule has 4 nitrogen and oxygen atoms in total. The summed E-state index contributed by atoms with van der Waals surface area (Å²) in [4.78, 5) is 12.1. The van der Waals surface area contributed by atoms with Gasteiger partial charge in [-0.05, 0) is 24.5 Å². The molecule has 0 atom stereocenters. The molecular weight excluding hydrogens is 328 g/mol. The molecule has 0 fully saturated rings. The molecule has 0 bridgehead atoms. The molecule has 2 rings (SSSR count). The number of carbonyl (C=O) groups is 1. The van der Waals surface area contributed by atoms with E-state index in [0.29, 0.717) is 11.3 Å². The second-order valence-corrected chi connectivity index (χ2v) is 5.52. The molecule has 6 heteroatoms. The van der Waals surface area contributed by atoms with Gasteiger partial charge in [-0.2, -0.15) is 4.37 Å². The smallest absolute Gasteiger partial charge is 0.343 e. The predicted octanol–water partition coefficient (Wildman–Crippen LogP) is 3.61. The summed E-state index contributed by atoms with van der Waals surface area (Å²) >= 11 is 4.68. The zero-order valence-electron chi connectivity index (χ0n) is 10.6. The van der Waals surface area contributed by atoms with E-state index in [9.17, 15) is 4.79 Å². The van der Waals surface area contributed by atoms with E-state index in [0.717, 1.165) is 15.0 Å². The number of nitrogens with one attached hydrogen (secondary N) is 1. The molecule has 0 saturated carbocycles. The van der Waals surface area contributed by atoms with Crippen LogP contribution in [0.25, 0.3) is 0 Å². The third-order valence-corrected chi connectivity index (χ3v) is 4.34. The van der Waals surface area contributed by atoms with Crippen molar-refractivity contribution in [2.75, 3.05) is 12.4 Å². The summed E-state index contributed by atoms with van der Waals surface area (Å²) in [5.41, 5.74) is 2.13. The zero-order chi connectivity index (χ0) is 13.8. The number of esters is 1. The van der Waals surface area contributed by atoms with E-state index in [1.807, 2.05) is 24.3 Å². The van der Waals surface area contributed by atoms with Crippen molar-refractivity contribution in [2.24, 2.45) is 0 Å². The number of nitrogens with zero attached hydrogens (tertiary/aromatic N) is 1. The molecular formula is C13H13BrN2O2S. The van der Waals surface area contributed by atoms with E-state index >= 15 is 0 Å². The second-order valence-electron chi connectivity index (χ2n) is 3.89. The van der Waals surface area contributed by atoms with E-state index < -0.39 is 0 Å². The lowest BCUT2D eigenvalue weighted by atomic mass is 10.2. The molecule has 1 aromatic heterocycles. The highest BCUT2D eigenvalue weighted by atomic mass is 79.9. The van der Waals surface area contributed by atoms with Gasteiger partial charge in [0.1, 0.15) is 17.2 Å².